The molecule has 0 aliphatic rings. The van der Waals surface area contributed by atoms with Crippen molar-refractivity contribution in [2.45, 2.75) is 0 Å². The molecule has 7 nitrogen and oxygen atoms in total. The van der Waals surface area contributed by atoms with E-state index in [0.717, 1.165) is 0 Å². The number of carboxylic acids is 1. The van der Waals surface area contributed by atoms with Gasteiger partial charge in [-0.25, -0.2) is 4.79 Å². The molecule has 2 rings (SSSR count). The standard InChI is InChI=1S/C11H10N4O3/c12-10-8(11(17)18)5-9(14-15-10)13-6-1-3-7(16)4-2-6/h1-5,16H,(H2,12,15)(H,13,14)(H,17,18). The van der Waals surface area contributed by atoms with Crippen molar-refractivity contribution in [2.24, 2.45) is 0 Å². The minimum absolute atomic E-state index is 0.119. The summed E-state index contributed by atoms with van der Waals surface area (Å²) in [4.78, 5) is 10.9. The number of phenolic OH excluding ortho intramolecular Hbond substituents is 1. The minimum Gasteiger partial charge on any atom is -0.508 e. The van der Waals surface area contributed by atoms with Crippen molar-refractivity contribution < 1.29 is 15.0 Å². The molecule has 0 radical (unpaired) electrons. The lowest BCUT2D eigenvalue weighted by molar-refractivity contribution is 0.0697. The normalized spacial score (nSPS) is 10.0. The molecule has 0 atom stereocenters. The number of anilines is 3. The van der Waals surface area contributed by atoms with Gasteiger partial charge in [0.1, 0.15) is 11.3 Å². The molecule has 0 unspecified atom stereocenters. The van der Waals surface area contributed by atoms with Crippen LogP contribution in [0.15, 0.2) is 30.3 Å². The Kier molecular flexibility index (Phi) is 2.96. The monoisotopic (exact) mass is 246 g/mol. The Morgan fingerprint density at radius 1 is 1.22 bits per heavy atom. The highest BCUT2D eigenvalue weighted by Crippen LogP contribution is 2.19. The van der Waals surface area contributed by atoms with Crippen molar-refractivity contribution >= 4 is 23.3 Å². The number of aromatic hydroxyl groups is 1. The van der Waals surface area contributed by atoms with E-state index >= 15 is 0 Å². The van der Waals surface area contributed by atoms with Crippen LogP contribution < -0.4 is 11.1 Å². The third kappa shape index (κ3) is 2.46. The average Bonchev–Trinajstić information content (AvgIpc) is 2.34. The second-order valence-electron chi connectivity index (χ2n) is 3.51. The summed E-state index contributed by atoms with van der Waals surface area (Å²) in [6.45, 7) is 0. The summed E-state index contributed by atoms with van der Waals surface area (Å²) in [5, 5.41) is 28.1. The van der Waals surface area contributed by atoms with Crippen molar-refractivity contribution in [1.29, 1.82) is 0 Å². The van der Waals surface area contributed by atoms with Crippen molar-refractivity contribution in [3.8, 4) is 5.75 Å². The van der Waals surface area contributed by atoms with Crippen LogP contribution in [-0.2, 0) is 0 Å². The molecule has 2 aromatic rings. The molecule has 1 aromatic carbocycles. The highest BCUT2D eigenvalue weighted by atomic mass is 16.4. The number of hydrogen-bond donors (Lipinski definition) is 4. The van der Waals surface area contributed by atoms with Gasteiger partial charge >= 0.3 is 5.97 Å². The van der Waals surface area contributed by atoms with Crippen LogP contribution in [-0.4, -0.2) is 26.4 Å². The number of hydrogen-bond acceptors (Lipinski definition) is 6. The van der Waals surface area contributed by atoms with E-state index < -0.39 is 5.97 Å². The molecular formula is C11H10N4O3. The minimum atomic E-state index is -1.17. The lowest BCUT2D eigenvalue weighted by atomic mass is 10.2. The lowest BCUT2D eigenvalue weighted by Crippen LogP contribution is -2.07. The van der Waals surface area contributed by atoms with Crippen LogP contribution >= 0.6 is 0 Å². The topological polar surface area (TPSA) is 121 Å². The summed E-state index contributed by atoms with van der Waals surface area (Å²) in [5.41, 5.74) is 5.91. The smallest absolute Gasteiger partial charge is 0.339 e. The number of aromatic carboxylic acids is 1. The summed E-state index contributed by atoms with van der Waals surface area (Å²) >= 11 is 0. The average molecular weight is 246 g/mol. The third-order valence-electron chi connectivity index (χ3n) is 2.19. The largest absolute Gasteiger partial charge is 0.508 e. The number of benzene rings is 1. The first-order valence-electron chi connectivity index (χ1n) is 4.99. The fourth-order valence-corrected chi connectivity index (χ4v) is 1.33. The highest BCUT2D eigenvalue weighted by Gasteiger charge is 2.11. The first-order valence-corrected chi connectivity index (χ1v) is 4.99. The van der Waals surface area contributed by atoms with Crippen LogP contribution in [0.5, 0.6) is 5.75 Å². The number of rotatable bonds is 3. The molecule has 0 bridgehead atoms. The maximum Gasteiger partial charge on any atom is 0.339 e. The van der Waals surface area contributed by atoms with E-state index in [1.54, 1.807) is 12.1 Å². The van der Waals surface area contributed by atoms with Crippen LogP contribution in [0.25, 0.3) is 0 Å². The van der Waals surface area contributed by atoms with Gasteiger partial charge in [-0.3, -0.25) is 0 Å². The predicted octanol–water partition coefficient (Wildman–Crippen LogP) is 1.21. The van der Waals surface area contributed by atoms with Crippen molar-refractivity contribution in [3.63, 3.8) is 0 Å². The Balaban J connectivity index is 2.27. The fraction of sp³-hybridized carbons (Fsp3) is 0. The molecule has 18 heavy (non-hydrogen) atoms. The van der Waals surface area contributed by atoms with E-state index in [9.17, 15) is 4.79 Å². The molecular weight excluding hydrogens is 236 g/mol. The Morgan fingerprint density at radius 3 is 2.50 bits per heavy atom. The molecule has 0 amide bonds. The van der Waals surface area contributed by atoms with Gasteiger partial charge in [0.2, 0.25) is 0 Å². The van der Waals surface area contributed by atoms with Crippen molar-refractivity contribution in [3.05, 3.63) is 35.9 Å². The maximum atomic E-state index is 10.9. The highest BCUT2D eigenvalue weighted by molar-refractivity contribution is 5.93. The number of nitrogens with two attached hydrogens (primary N) is 1. The molecule has 0 spiro atoms. The zero-order chi connectivity index (χ0) is 13.1. The van der Waals surface area contributed by atoms with Gasteiger partial charge in [0.05, 0.1) is 0 Å². The Bertz CT molecular complexity index is 583. The number of nitrogens with zero attached hydrogens (tertiary/aromatic N) is 2. The van der Waals surface area contributed by atoms with Gasteiger partial charge in [-0.1, -0.05) is 0 Å². The quantitative estimate of drug-likeness (QED) is 0.600. The fourth-order valence-electron chi connectivity index (χ4n) is 1.33. The van der Waals surface area contributed by atoms with Crippen LogP contribution in [0.1, 0.15) is 10.4 Å². The first kappa shape index (κ1) is 11.6. The summed E-state index contributed by atoms with van der Waals surface area (Å²) in [7, 11) is 0. The molecule has 0 aliphatic heterocycles. The summed E-state index contributed by atoms with van der Waals surface area (Å²) in [6, 6.07) is 7.51. The lowest BCUT2D eigenvalue weighted by Gasteiger charge is -2.06. The summed E-state index contributed by atoms with van der Waals surface area (Å²) in [6.07, 6.45) is 0. The van der Waals surface area contributed by atoms with E-state index in [2.05, 4.69) is 15.5 Å². The van der Waals surface area contributed by atoms with Gasteiger partial charge in [-0.05, 0) is 24.3 Å². The molecule has 0 saturated carbocycles. The number of phenols is 1. The summed E-state index contributed by atoms with van der Waals surface area (Å²) < 4.78 is 0. The van der Waals surface area contributed by atoms with Gasteiger partial charge in [0, 0.05) is 11.8 Å². The van der Waals surface area contributed by atoms with Crippen LogP contribution in [0.2, 0.25) is 0 Å². The number of nitrogens with one attached hydrogen (secondary N) is 1. The molecule has 0 fully saturated rings. The van der Waals surface area contributed by atoms with E-state index in [-0.39, 0.29) is 22.9 Å². The number of carbonyl (C=O) groups is 1. The number of nitrogen functional groups attached to an aromatic ring is 1. The van der Waals surface area contributed by atoms with Gasteiger partial charge in [-0.15, -0.1) is 10.2 Å². The molecule has 7 heteroatoms. The molecule has 1 heterocycles. The Morgan fingerprint density at radius 2 is 1.89 bits per heavy atom. The molecule has 5 N–H and O–H groups in total. The maximum absolute atomic E-state index is 10.9. The zero-order valence-electron chi connectivity index (χ0n) is 9.16. The molecule has 0 aliphatic carbocycles. The van der Waals surface area contributed by atoms with E-state index in [1.807, 2.05) is 0 Å². The Labute approximate surface area is 102 Å². The third-order valence-corrected chi connectivity index (χ3v) is 2.19. The van der Waals surface area contributed by atoms with E-state index in [1.165, 1.54) is 18.2 Å². The molecule has 0 saturated heterocycles. The van der Waals surface area contributed by atoms with Gasteiger partial charge in [0.25, 0.3) is 0 Å². The zero-order valence-corrected chi connectivity index (χ0v) is 9.16. The van der Waals surface area contributed by atoms with Crippen LogP contribution in [0.4, 0.5) is 17.3 Å². The Hall–Kier alpha value is -2.83. The van der Waals surface area contributed by atoms with Gasteiger partial charge in [-0.2, -0.15) is 0 Å². The first-order chi connectivity index (χ1) is 8.56. The van der Waals surface area contributed by atoms with Crippen molar-refractivity contribution in [2.75, 3.05) is 11.1 Å². The number of carboxylic acid groups (broad SMARTS) is 1. The molecule has 92 valence electrons. The number of aromatic nitrogens is 2. The SMILES string of the molecule is Nc1nnc(Nc2ccc(O)cc2)cc1C(=O)O. The summed E-state index contributed by atoms with van der Waals surface area (Å²) in [5.74, 6) is -0.919. The van der Waals surface area contributed by atoms with Gasteiger partial charge in [0.15, 0.2) is 11.6 Å². The van der Waals surface area contributed by atoms with Gasteiger partial charge < -0.3 is 21.3 Å². The van der Waals surface area contributed by atoms with E-state index in [4.69, 9.17) is 15.9 Å². The van der Waals surface area contributed by atoms with E-state index in [0.29, 0.717) is 5.69 Å². The van der Waals surface area contributed by atoms with Crippen LogP contribution in [0, 0.1) is 0 Å². The second-order valence-corrected chi connectivity index (χ2v) is 3.51. The predicted molar refractivity (Wildman–Crippen MR) is 64.8 cm³/mol. The van der Waals surface area contributed by atoms with Crippen LogP contribution in [0.3, 0.4) is 0 Å². The van der Waals surface area contributed by atoms with Crippen molar-refractivity contribution in [1.82, 2.24) is 10.2 Å². The second kappa shape index (κ2) is 4.58. The molecule has 1 aromatic heterocycles.